The van der Waals surface area contributed by atoms with Crippen LogP contribution in [-0.2, 0) is 0 Å². The average molecular weight is 165 g/mol. The molecule has 1 rings (SSSR count). The summed E-state index contributed by atoms with van der Waals surface area (Å²) in [5, 5.41) is 3.14. The molecular weight excluding hydrogens is 150 g/mol. The van der Waals surface area contributed by atoms with Crippen molar-refractivity contribution in [2.75, 3.05) is 13.6 Å². The van der Waals surface area contributed by atoms with Gasteiger partial charge in [-0.25, -0.2) is 0 Å². The number of nitrogens with one attached hydrogen (secondary N) is 1. The molecule has 1 heterocycles. The average Bonchev–Trinajstić information content (AvgIpc) is 2.10. The number of rotatable bonds is 3. The van der Waals surface area contributed by atoms with Crippen LogP contribution in [0.2, 0.25) is 0 Å². The first kappa shape index (κ1) is 9.16. The Kier molecular flexibility index (Phi) is 3.19. The number of nitrogens with two attached hydrogens (primary N) is 1. The molecule has 0 aliphatic carbocycles. The van der Waals surface area contributed by atoms with Crippen LogP contribution in [0.25, 0.3) is 0 Å². The minimum Gasteiger partial charge on any atom is -0.329 e. The molecule has 0 saturated carbocycles. The summed E-state index contributed by atoms with van der Waals surface area (Å²) >= 11 is 0. The first-order valence-corrected chi connectivity index (χ1v) is 4.07. The summed E-state index contributed by atoms with van der Waals surface area (Å²) in [6.45, 7) is 2.67. The quantitative estimate of drug-likeness (QED) is 0.690. The van der Waals surface area contributed by atoms with Gasteiger partial charge in [0.1, 0.15) is 0 Å². The van der Waals surface area contributed by atoms with E-state index in [0.29, 0.717) is 6.54 Å². The maximum Gasteiger partial charge on any atom is 0.0460 e. The van der Waals surface area contributed by atoms with Gasteiger partial charge in [-0.2, -0.15) is 0 Å². The molecule has 3 N–H and O–H groups in total. The topological polar surface area (TPSA) is 50.9 Å². The van der Waals surface area contributed by atoms with Gasteiger partial charge in [0.15, 0.2) is 0 Å². The number of aryl methyl sites for hydroxylation is 1. The van der Waals surface area contributed by atoms with Crippen LogP contribution in [-0.4, -0.2) is 18.6 Å². The Labute approximate surface area is 73.0 Å². The van der Waals surface area contributed by atoms with Gasteiger partial charge in [0.2, 0.25) is 0 Å². The minimum atomic E-state index is 0.221. The van der Waals surface area contributed by atoms with Gasteiger partial charge in [0.05, 0.1) is 0 Å². The molecule has 0 aliphatic rings. The molecule has 1 atom stereocenters. The third-order valence-corrected chi connectivity index (χ3v) is 2.04. The number of nitrogens with zero attached hydrogens (tertiary/aromatic N) is 1. The molecule has 3 nitrogen and oxygen atoms in total. The van der Waals surface area contributed by atoms with Crippen molar-refractivity contribution in [3.05, 3.63) is 29.6 Å². The van der Waals surface area contributed by atoms with Crippen molar-refractivity contribution in [2.45, 2.75) is 13.0 Å². The molecule has 0 bridgehead atoms. The Morgan fingerprint density at radius 2 is 2.42 bits per heavy atom. The van der Waals surface area contributed by atoms with Crippen LogP contribution in [0, 0.1) is 6.92 Å². The Morgan fingerprint density at radius 1 is 1.67 bits per heavy atom. The summed E-state index contributed by atoms with van der Waals surface area (Å²) in [6.07, 6.45) is 3.66. The van der Waals surface area contributed by atoms with E-state index in [9.17, 15) is 0 Å². The fraction of sp³-hybridized carbons (Fsp3) is 0.444. The number of aromatic nitrogens is 1. The van der Waals surface area contributed by atoms with E-state index < -0.39 is 0 Å². The van der Waals surface area contributed by atoms with Crippen molar-refractivity contribution < 1.29 is 0 Å². The highest BCUT2D eigenvalue weighted by Crippen LogP contribution is 2.13. The lowest BCUT2D eigenvalue weighted by Gasteiger charge is -2.15. The fourth-order valence-corrected chi connectivity index (χ4v) is 1.24. The van der Waals surface area contributed by atoms with E-state index in [0.717, 1.165) is 0 Å². The molecule has 0 radical (unpaired) electrons. The molecular formula is C9H15N3. The standard InChI is InChI=1S/C9H15N3/c1-7-3-4-12-6-8(7)9(5-10)11-2/h3-4,6,9,11H,5,10H2,1-2H3. The van der Waals surface area contributed by atoms with Crippen LogP contribution >= 0.6 is 0 Å². The fourth-order valence-electron chi connectivity index (χ4n) is 1.24. The predicted octanol–water partition coefficient (Wildman–Crippen LogP) is 0.609. The Bertz CT molecular complexity index is 243. The highest BCUT2D eigenvalue weighted by atomic mass is 14.9. The van der Waals surface area contributed by atoms with E-state index in [1.807, 2.05) is 19.3 Å². The van der Waals surface area contributed by atoms with Crippen LogP contribution in [0.4, 0.5) is 0 Å². The molecule has 0 fully saturated rings. The monoisotopic (exact) mass is 165 g/mol. The molecule has 0 aliphatic heterocycles. The summed E-state index contributed by atoms with van der Waals surface area (Å²) in [7, 11) is 1.91. The maximum atomic E-state index is 5.59. The zero-order chi connectivity index (χ0) is 8.97. The van der Waals surface area contributed by atoms with E-state index in [4.69, 9.17) is 5.73 Å². The molecule has 12 heavy (non-hydrogen) atoms. The lowest BCUT2D eigenvalue weighted by Crippen LogP contribution is -2.25. The number of hydrogen-bond acceptors (Lipinski definition) is 3. The van der Waals surface area contributed by atoms with Crippen LogP contribution in [0.1, 0.15) is 17.2 Å². The minimum absolute atomic E-state index is 0.221. The predicted molar refractivity (Wildman–Crippen MR) is 49.8 cm³/mol. The first-order valence-electron chi connectivity index (χ1n) is 4.07. The second-order valence-corrected chi connectivity index (χ2v) is 2.81. The van der Waals surface area contributed by atoms with Crippen molar-refractivity contribution in [3.8, 4) is 0 Å². The summed E-state index contributed by atoms with van der Waals surface area (Å²) in [5.41, 5.74) is 8.01. The van der Waals surface area contributed by atoms with Gasteiger partial charge in [-0.05, 0) is 31.2 Å². The largest absolute Gasteiger partial charge is 0.329 e. The van der Waals surface area contributed by atoms with Gasteiger partial charge in [-0.15, -0.1) is 0 Å². The van der Waals surface area contributed by atoms with E-state index in [2.05, 4.69) is 17.2 Å². The number of hydrogen-bond donors (Lipinski definition) is 2. The molecule has 3 heteroatoms. The van der Waals surface area contributed by atoms with Gasteiger partial charge in [0.25, 0.3) is 0 Å². The normalized spacial score (nSPS) is 12.9. The van der Waals surface area contributed by atoms with Gasteiger partial charge in [-0.1, -0.05) is 0 Å². The summed E-state index contributed by atoms with van der Waals surface area (Å²) in [6, 6.07) is 2.22. The highest BCUT2D eigenvalue weighted by molar-refractivity contribution is 5.25. The molecule has 0 aromatic carbocycles. The first-order chi connectivity index (χ1) is 5.79. The van der Waals surface area contributed by atoms with Crippen LogP contribution in [0.15, 0.2) is 18.5 Å². The van der Waals surface area contributed by atoms with Crippen molar-refractivity contribution in [2.24, 2.45) is 5.73 Å². The van der Waals surface area contributed by atoms with Crippen molar-refractivity contribution in [1.82, 2.24) is 10.3 Å². The van der Waals surface area contributed by atoms with Crippen LogP contribution in [0.5, 0.6) is 0 Å². The maximum absolute atomic E-state index is 5.59. The number of likely N-dealkylation sites (N-methyl/N-ethyl adjacent to an activating group) is 1. The Hall–Kier alpha value is -0.930. The summed E-state index contributed by atoms with van der Waals surface area (Å²) in [5.74, 6) is 0. The van der Waals surface area contributed by atoms with E-state index >= 15 is 0 Å². The Morgan fingerprint density at radius 3 is 2.92 bits per heavy atom. The third-order valence-electron chi connectivity index (χ3n) is 2.04. The highest BCUT2D eigenvalue weighted by Gasteiger charge is 2.08. The van der Waals surface area contributed by atoms with E-state index in [1.54, 1.807) is 6.20 Å². The zero-order valence-electron chi connectivity index (χ0n) is 7.54. The zero-order valence-corrected chi connectivity index (χ0v) is 7.54. The van der Waals surface area contributed by atoms with Crippen molar-refractivity contribution >= 4 is 0 Å². The summed E-state index contributed by atoms with van der Waals surface area (Å²) < 4.78 is 0. The van der Waals surface area contributed by atoms with Crippen molar-refractivity contribution in [3.63, 3.8) is 0 Å². The van der Waals surface area contributed by atoms with Crippen molar-refractivity contribution in [1.29, 1.82) is 0 Å². The van der Waals surface area contributed by atoms with Gasteiger partial charge < -0.3 is 11.1 Å². The molecule has 0 spiro atoms. The molecule has 0 saturated heterocycles. The SMILES string of the molecule is CNC(CN)c1cnccc1C. The lowest BCUT2D eigenvalue weighted by molar-refractivity contribution is 0.600. The van der Waals surface area contributed by atoms with Gasteiger partial charge in [0, 0.05) is 25.0 Å². The number of pyridine rings is 1. The molecule has 1 aromatic heterocycles. The van der Waals surface area contributed by atoms with Crippen LogP contribution in [0.3, 0.4) is 0 Å². The third kappa shape index (κ3) is 1.81. The second-order valence-electron chi connectivity index (χ2n) is 2.81. The molecule has 66 valence electrons. The molecule has 1 unspecified atom stereocenters. The van der Waals surface area contributed by atoms with E-state index in [-0.39, 0.29) is 6.04 Å². The smallest absolute Gasteiger partial charge is 0.0460 e. The lowest BCUT2D eigenvalue weighted by atomic mass is 10.0. The molecule has 1 aromatic rings. The second kappa shape index (κ2) is 4.18. The van der Waals surface area contributed by atoms with Gasteiger partial charge >= 0.3 is 0 Å². The molecule has 0 amide bonds. The van der Waals surface area contributed by atoms with E-state index in [1.165, 1.54) is 11.1 Å². The van der Waals surface area contributed by atoms with Crippen LogP contribution < -0.4 is 11.1 Å². The Balaban J connectivity index is 2.92. The van der Waals surface area contributed by atoms with Gasteiger partial charge in [-0.3, -0.25) is 4.98 Å². The summed E-state index contributed by atoms with van der Waals surface area (Å²) in [4.78, 5) is 4.07.